The van der Waals surface area contributed by atoms with Crippen molar-refractivity contribution >= 4 is 12.0 Å². The summed E-state index contributed by atoms with van der Waals surface area (Å²) in [6.45, 7) is 4.32. The molecule has 0 radical (unpaired) electrons. The minimum absolute atomic E-state index is 0.251. The molecular weight excluding hydrogens is 228 g/mol. The van der Waals surface area contributed by atoms with Crippen molar-refractivity contribution in [2.24, 2.45) is 0 Å². The smallest absolute Gasteiger partial charge is 0.333 e. The molecule has 18 heavy (non-hydrogen) atoms. The maximum Gasteiger partial charge on any atom is 0.333 e. The van der Waals surface area contributed by atoms with Gasteiger partial charge in [0.15, 0.2) is 0 Å². The zero-order valence-corrected chi connectivity index (χ0v) is 11.2. The standard InChI is InChI=1S/C15H20O3/c1-4-5-10-18-15(16)12(2)11-13-6-8-14(17-3)9-7-13/h6-9,11H,4-5,10H2,1-3H3/b12-11+. The number of ether oxygens (including phenoxy) is 2. The van der Waals surface area contributed by atoms with Crippen LogP contribution in [0.3, 0.4) is 0 Å². The van der Waals surface area contributed by atoms with Crippen LogP contribution in [0.5, 0.6) is 5.75 Å². The maximum absolute atomic E-state index is 11.6. The molecule has 0 fully saturated rings. The van der Waals surface area contributed by atoms with Crippen LogP contribution in [0.2, 0.25) is 0 Å². The number of carbonyl (C=O) groups is 1. The molecule has 3 heteroatoms. The lowest BCUT2D eigenvalue weighted by Gasteiger charge is -2.04. The molecule has 0 aliphatic heterocycles. The van der Waals surface area contributed by atoms with Gasteiger partial charge in [-0.3, -0.25) is 0 Å². The van der Waals surface area contributed by atoms with Crippen molar-refractivity contribution in [2.45, 2.75) is 26.7 Å². The lowest BCUT2D eigenvalue weighted by molar-refractivity contribution is -0.138. The summed E-state index contributed by atoms with van der Waals surface area (Å²) in [5.74, 6) is 0.551. The molecule has 1 rings (SSSR count). The second-order valence-electron chi connectivity index (χ2n) is 4.09. The third-order valence-corrected chi connectivity index (χ3v) is 2.55. The number of hydrogen-bond donors (Lipinski definition) is 0. The van der Waals surface area contributed by atoms with Crippen LogP contribution in [0.4, 0.5) is 0 Å². The molecule has 0 aliphatic rings. The van der Waals surface area contributed by atoms with E-state index in [9.17, 15) is 4.79 Å². The minimum Gasteiger partial charge on any atom is -0.497 e. The number of rotatable bonds is 6. The van der Waals surface area contributed by atoms with Crippen LogP contribution in [0.1, 0.15) is 32.3 Å². The van der Waals surface area contributed by atoms with Crippen molar-refractivity contribution in [1.29, 1.82) is 0 Å². The Hall–Kier alpha value is -1.77. The van der Waals surface area contributed by atoms with Gasteiger partial charge in [0.25, 0.3) is 0 Å². The van der Waals surface area contributed by atoms with Crippen LogP contribution < -0.4 is 4.74 Å². The van der Waals surface area contributed by atoms with Crippen LogP contribution in [0.15, 0.2) is 29.8 Å². The topological polar surface area (TPSA) is 35.5 Å². The van der Waals surface area contributed by atoms with E-state index in [0.717, 1.165) is 24.2 Å². The van der Waals surface area contributed by atoms with Gasteiger partial charge in [-0.05, 0) is 37.1 Å². The molecule has 0 aliphatic carbocycles. The fraction of sp³-hybridized carbons (Fsp3) is 0.400. The van der Waals surface area contributed by atoms with E-state index in [1.807, 2.05) is 30.3 Å². The van der Waals surface area contributed by atoms with E-state index in [1.54, 1.807) is 14.0 Å². The molecule has 3 nitrogen and oxygen atoms in total. The fourth-order valence-corrected chi connectivity index (χ4v) is 1.43. The summed E-state index contributed by atoms with van der Waals surface area (Å²) in [6, 6.07) is 7.53. The number of benzene rings is 1. The minimum atomic E-state index is -0.251. The van der Waals surface area contributed by atoms with Gasteiger partial charge in [0.1, 0.15) is 5.75 Å². The average Bonchev–Trinajstić information content (AvgIpc) is 2.39. The SMILES string of the molecule is CCCCOC(=O)/C(C)=C/c1ccc(OC)cc1. The van der Waals surface area contributed by atoms with E-state index < -0.39 is 0 Å². The van der Waals surface area contributed by atoms with Crippen LogP contribution in [0.25, 0.3) is 6.08 Å². The number of hydrogen-bond acceptors (Lipinski definition) is 3. The van der Waals surface area contributed by atoms with Gasteiger partial charge in [-0.15, -0.1) is 0 Å². The monoisotopic (exact) mass is 248 g/mol. The molecule has 0 atom stereocenters. The van der Waals surface area contributed by atoms with Gasteiger partial charge in [-0.1, -0.05) is 25.5 Å². The lowest BCUT2D eigenvalue weighted by atomic mass is 10.1. The van der Waals surface area contributed by atoms with Crippen molar-refractivity contribution < 1.29 is 14.3 Å². The van der Waals surface area contributed by atoms with E-state index in [1.165, 1.54) is 0 Å². The molecule has 98 valence electrons. The van der Waals surface area contributed by atoms with Gasteiger partial charge in [0.2, 0.25) is 0 Å². The van der Waals surface area contributed by atoms with Crippen molar-refractivity contribution in [1.82, 2.24) is 0 Å². The molecular formula is C15H20O3. The Labute approximate surface area is 108 Å². The second-order valence-corrected chi connectivity index (χ2v) is 4.09. The largest absolute Gasteiger partial charge is 0.497 e. The quantitative estimate of drug-likeness (QED) is 0.439. The van der Waals surface area contributed by atoms with Crippen LogP contribution in [-0.2, 0) is 9.53 Å². The Balaban J connectivity index is 2.60. The molecule has 1 aromatic rings. The fourth-order valence-electron chi connectivity index (χ4n) is 1.43. The van der Waals surface area contributed by atoms with Gasteiger partial charge in [0, 0.05) is 5.57 Å². The van der Waals surface area contributed by atoms with E-state index >= 15 is 0 Å². The summed E-state index contributed by atoms with van der Waals surface area (Å²) < 4.78 is 10.2. The summed E-state index contributed by atoms with van der Waals surface area (Å²) in [5.41, 5.74) is 1.57. The summed E-state index contributed by atoms with van der Waals surface area (Å²) in [7, 11) is 1.63. The van der Waals surface area contributed by atoms with Crippen LogP contribution in [0, 0.1) is 0 Å². The zero-order chi connectivity index (χ0) is 13.4. The first-order valence-corrected chi connectivity index (χ1v) is 6.17. The first-order chi connectivity index (χ1) is 8.67. The molecule has 0 amide bonds. The Kier molecular flexibility index (Phi) is 5.98. The van der Waals surface area contributed by atoms with Gasteiger partial charge >= 0.3 is 5.97 Å². The molecule has 0 heterocycles. The van der Waals surface area contributed by atoms with Crippen molar-refractivity contribution in [3.63, 3.8) is 0 Å². The number of unbranched alkanes of at least 4 members (excludes halogenated alkanes) is 1. The summed E-state index contributed by atoms with van der Waals surface area (Å²) in [4.78, 5) is 11.6. The average molecular weight is 248 g/mol. The molecule has 0 spiro atoms. The van der Waals surface area contributed by atoms with Gasteiger partial charge < -0.3 is 9.47 Å². The summed E-state index contributed by atoms with van der Waals surface area (Å²) in [5, 5.41) is 0. The van der Waals surface area contributed by atoms with Crippen molar-refractivity contribution in [3.05, 3.63) is 35.4 Å². The van der Waals surface area contributed by atoms with Crippen LogP contribution >= 0.6 is 0 Å². The third kappa shape index (κ3) is 4.62. The van der Waals surface area contributed by atoms with Gasteiger partial charge in [-0.25, -0.2) is 4.79 Å². The highest BCUT2D eigenvalue weighted by Crippen LogP contribution is 2.14. The number of methoxy groups -OCH3 is 1. The molecule has 0 bridgehead atoms. The Morgan fingerprint density at radius 2 is 1.94 bits per heavy atom. The predicted molar refractivity (Wildman–Crippen MR) is 72.5 cm³/mol. The number of esters is 1. The Morgan fingerprint density at radius 1 is 1.28 bits per heavy atom. The second kappa shape index (κ2) is 7.54. The van der Waals surface area contributed by atoms with Crippen molar-refractivity contribution in [3.8, 4) is 5.75 Å². The molecule has 0 unspecified atom stereocenters. The van der Waals surface area contributed by atoms with Gasteiger partial charge in [-0.2, -0.15) is 0 Å². The van der Waals surface area contributed by atoms with E-state index in [4.69, 9.17) is 9.47 Å². The Morgan fingerprint density at radius 3 is 2.50 bits per heavy atom. The molecule has 1 aromatic carbocycles. The molecule has 0 saturated heterocycles. The summed E-state index contributed by atoms with van der Waals surface area (Å²) >= 11 is 0. The highest BCUT2D eigenvalue weighted by atomic mass is 16.5. The third-order valence-electron chi connectivity index (χ3n) is 2.55. The van der Waals surface area contributed by atoms with E-state index in [2.05, 4.69) is 6.92 Å². The molecule has 0 N–H and O–H groups in total. The first-order valence-electron chi connectivity index (χ1n) is 6.17. The first kappa shape index (κ1) is 14.3. The normalized spacial score (nSPS) is 11.2. The van der Waals surface area contributed by atoms with Gasteiger partial charge in [0.05, 0.1) is 13.7 Å². The highest BCUT2D eigenvalue weighted by Gasteiger charge is 2.05. The lowest BCUT2D eigenvalue weighted by Crippen LogP contribution is -2.06. The zero-order valence-electron chi connectivity index (χ0n) is 11.2. The highest BCUT2D eigenvalue weighted by molar-refractivity contribution is 5.92. The maximum atomic E-state index is 11.6. The molecule has 0 aromatic heterocycles. The van der Waals surface area contributed by atoms with Crippen LogP contribution in [-0.4, -0.2) is 19.7 Å². The van der Waals surface area contributed by atoms with E-state index in [-0.39, 0.29) is 5.97 Å². The predicted octanol–water partition coefficient (Wildman–Crippen LogP) is 3.44. The Bertz CT molecular complexity index is 404. The summed E-state index contributed by atoms with van der Waals surface area (Å²) in [6.07, 6.45) is 3.74. The number of carbonyl (C=O) groups excluding carboxylic acids is 1. The van der Waals surface area contributed by atoms with Crippen molar-refractivity contribution in [2.75, 3.05) is 13.7 Å². The molecule has 0 saturated carbocycles. The van der Waals surface area contributed by atoms with E-state index in [0.29, 0.717) is 12.2 Å².